The van der Waals surface area contributed by atoms with Crippen LogP contribution in [0.15, 0.2) is 33.9 Å². The average Bonchev–Trinajstić information content (AvgIpc) is 2.92. The number of esters is 1. The minimum atomic E-state index is -0.716. The summed E-state index contributed by atoms with van der Waals surface area (Å²) in [6, 6.07) is 7.02. The molecular weight excluding hydrogens is 318 g/mol. The number of nitrogens with zero attached hydrogens (tertiary/aromatic N) is 2. The number of hydrogen-bond acceptors (Lipinski definition) is 7. The van der Waals surface area contributed by atoms with Gasteiger partial charge < -0.3 is 14.9 Å². The fourth-order valence-electron chi connectivity index (χ4n) is 1.33. The predicted molar refractivity (Wildman–Crippen MR) is 75.6 cm³/mol. The third-order valence-corrected chi connectivity index (χ3v) is 3.32. The smallest absolute Gasteiger partial charge is 0.316 e. The van der Waals surface area contributed by atoms with Crippen LogP contribution in [0, 0.1) is 0 Å². The van der Waals surface area contributed by atoms with E-state index >= 15 is 0 Å². The van der Waals surface area contributed by atoms with E-state index in [1.165, 1.54) is 0 Å². The number of rotatable bonds is 6. The SMILES string of the molecule is NC(=O)COC(=O)CSc1nnc(-c2ccccc2Cl)o1. The van der Waals surface area contributed by atoms with E-state index in [1.54, 1.807) is 24.3 Å². The molecule has 0 fully saturated rings. The maximum absolute atomic E-state index is 11.3. The van der Waals surface area contributed by atoms with E-state index in [9.17, 15) is 9.59 Å². The summed E-state index contributed by atoms with van der Waals surface area (Å²) in [5.74, 6) is -1.13. The first-order valence-electron chi connectivity index (χ1n) is 5.71. The number of hydrogen-bond donors (Lipinski definition) is 1. The van der Waals surface area contributed by atoms with Crippen LogP contribution in [0.2, 0.25) is 5.02 Å². The first-order valence-corrected chi connectivity index (χ1v) is 7.07. The highest BCUT2D eigenvalue weighted by Gasteiger charge is 2.14. The minimum Gasteiger partial charge on any atom is -0.455 e. The van der Waals surface area contributed by atoms with Gasteiger partial charge in [-0.3, -0.25) is 9.59 Å². The summed E-state index contributed by atoms with van der Waals surface area (Å²) in [5, 5.41) is 8.32. The molecular formula is C12H10ClN3O4S. The molecule has 0 saturated heterocycles. The van der Waals surface area contributed by atoms with Gasteiger partial charge >= 0.3 is 5.97 Å². The Morgan fingerprint density at radius 2 is 2.10 bits per heavy atom. The Morgan fingerprint density at radius 3 is 2.81 bits per heavy atom. The molecule has 1 amide bonds. The second-order valence-corrected chi connectivity index (χ2v) is 5.10. The molecule has 110 valence electrons. The molecule has 2 rings (SSSR count). The topological polar surface area (TPSA) is 108 Å². The van der Waals surface area contributed by atoms with Gasteiger partial charge in [-0.15, -0.1) is 10.2 Å². The summed E-state index contributed by atoms with van der Waals surface area (Å²) in [7, 11) is 0. The van der Waals surface area contributed by atoms with Gasteiger partial charge in [0.1, 0.15) is 5.75 Å². The molecule has 0 atom stereocenters. The fraction of sp³-hybridized carbons (Fsp3) is 0.167. The number of benzene rings is 1. The van der Waals surface area contributed by atoms with E-state index in [2.05, 4.69) is 14.9 Å². The molecule has 0 spiro atoms. The summed E-state index contributed by atoms with van der Waals surface area (Å²) in [6.07, 6.45) is 0. The van der Waals surface area contributed by atoms with Crippen LogP contribution in [0.5, 0.6) is 0 Å². The number of nitrogens with two attached hydrogens (primary N) is 1. The predicted octanol–water partition coefficient (Wildman–Crippen LogP) is 1.51. The lowest BCUT2D eigenvalue weighted by Gasteiger charge is -1.99. The Hall–Kier alpha value is -2.06. The molecule has 0 aliphatic heterocycles. The number of halogens is 1. The Labute approximate surface area is 128 Å². The molecule has 0 radical (unpaired) electrons. The third kappa shape index (κ3) is 4.47. The van der Waals surface area contributed by atoms with Crippen LogP contribution in [0.25, 0.3) is 11.5 Å². The van der Waals surface area contributed by atoms with Crippen LogP contribution < -0.4 is 5.73 Å². The van der Waals surface area contributed by atoms with Gasteiger partial charge in [0.15, 0.2) is 6.61 Å². The fourth-order valence-corrected chi connectivity index (χ4v) is 2.10. The highest BCUT2D eigenvalue weighted by Crippen LogP contribution is 2.28. The van der Waals surface area contributed by atoms with E-state index in [-0.39, 0.29) is 16.9 Å². The van der Waals surface area contributed by atoms with Crippen LogP contribution in [-0.4, -0.2) is 34.4 Å². The molecule has 1 aromatic carbocycles. The average molecular weight is 328 g/mol. The Morgan fingerprint density at radius 1 is 1.33 bits per heavy atom. The number of primary amides is 1. The van der Waals surface area contributed by atoms with Crippen LogP contribution in [0.3, 0.4) is 0 Å². The maximum Gasteiger partial charge on any atom is 0.316 e. The van der Waals surface area contributed by atoms with Crippen molar-refractivity contribution < 1.29 is 18.7 Å². The lowest BCUT2D eigenvalue weighted by Crippen LogP contribution is -2.21. The van der Waals surface area contributed by atoms with Gasteiger partial charge in [-0.05, 0) is 12.1 Å². The number of amides is 1. The molecule has 21 heavy (non-hydrogen) atoms. The Bertz CT molecular complexity index is 661. The van der Waals surface area contributed by atoms with Gasteiger partial charge in [0.2, 0.25) is 5.89 Å². The number of ether oxygens (including phenoxy) is 1. The Balaban J connectivity index is 1.93. The second-order valence-electron chi connectivity index (χ2n) is 3.77. The number of thioether (sulfide) groups is 1. The number of carbonyl (C=O) groups excluding carboxylic acids is 2. The normalized spacial score (nSPS) is 10.3. The molecule has 0 saturated carbocycles. The zero-order chi connectivity index (χ0) is 15.2. The van der Waals surface area contributed by atoms with Crippen LogP contribution >= 0.6 is 23.4 Å². The van der Waals surface area contributed by atoms with Crippen LogP contribution in [-0.2, 0) is 14.3 Å². The van der Waals surface area contributed by atoms with Crippen LogP contribution in [0.4, 0.5) is 0 Å². The maximum atomic E-state index is 11.3. The monoisotopic (exact) mass is 327 g/mol. The van der Waals surface area contributed by atoms with E-state index in [4.69, 9.17) is 21.8 Å². The molecule has 1 aromatic heterocycles. The molecule has 0 aliphatic rings. The van der Waals surface area contributed by atoms with Crippen molar-refractivity contribution in [1.29, 1.82) is 0 Å². The van der Waals surface area contributed by atoms with E-state index in [1.807, 2.05) is 0 Å². The molecule has 7 nitrogen and oxygen atoms in total. The second kappa shape index (κ2) is 7.09. The van der Waals surface area contributed by atoms with Crippen LogP contribution in [0.1, 0.15) is 0 Å². The molecule has 2 N–H and O–H groups in total. The van der Waals surface area contributed by atoms with Crippen molar-refractivity contribution in [1.82, 2.24) is 10.2 Å². The molecule has 2 aromatic rings. The van der Waals surface area contributed by atoms with Crippen molar-refractivity contribution >= 4 is 35.2 Å². The Kier molecular flexibility index (Phi) is 5.18. The lowest BCUT2D eigenvalue weighted by molar-refractivity contribution is -0.145. The summed E-state index contributed by atoms with van der Waals surface area (Å²) in [6.45, 7) is -0.450. The van der Waals surface area contributed by atoms with Gasteiger partial charge in [0, 0.05) is 0 Å². The van der Waals surface area contributed by atoms with Crippen molar-refractivity contribution in [3.63, 3.8) is 0 Å². The standard InChI is InChI=1S/C12H10ClN3O4S/c13-8-4-2-1-3-7(8)11-15-16-12(20-11)21-6-10(18)19-5-9(14)17/h1-4H,5-6H2,(H2,14,17). The number of aromatic nitrogens is 2. The van der Waals surface area contributed by atoms with Gasteiger partial charge in [-0.2, -0.15) is 0 Å². The summed E-state index contributed by atoms with van der Waals surface area (Å²) in [4.78, 5) is 21.7. The molecule has 0 bridgehead atoms. The number of carbonyl (C=O) groups is 2. The van der Waals surface area contributed by atoms with Gasteiger partial charge in [-0.25, -0.2) is 0 Å². The lowest BCUT2D eigenvalue weighted by atomic mass is 10.2. The minimum absolute atomic E-state index is 0.0720. The van der Waals surface area contributed by atoms with Gasteiger partial charge in [0.05, 0.1) is 10.6 Å². The zero-order valence-electron chi connectivity index (χ0n) is 10.6. The van der Waals surface area contributed by atoms with Crippen molar-refractivity contribution in [2.75, 3.05) is 12.4 Å². The zero-order valence-corrected chi connectivity index (χ0v) is 12.2. The van der Waals surface area contributed by atoms with Crippen molar-refractivity contribution in [3.05, 3.63) is 29.3 Å². The van der Waals surface area contributed by atoms with Crippen molar-refractivity contribution in [2.24, 2.45) is 5.73 Å². The van der Waals surface area contributed by atoms with E-state index in [0.29, 0.717) is 10.6 Å². The third-order valence-electron chi connectivity index (χ3n) is 2.20. The molecule has 9 heteroatoms. The first kappa shape index (κ1) is 15.3. The quantitative estimate of drug-likeness (QED) is 0.632. The van der Waals surface area contributed by atoms with E-state index < -0.39 is 18.5 Å². The highest BCUT2D eigenvalue weighted by molar-refractivity contribution is 7.99. The van der Waals surface area contributed by atoms with E-state index in [0.717, 1.165) is 11.8 Å². The van der Waals surface area contributed by atoms with Crippen molar-refractivity contribution in [3.8, 4) is 11.5 Å². The van der Waals surface area contributed by atoms with Gasteiger partial charge in [-0.1, -0.05) is 35.5 Å². The molecule has 0 aliphatic carbocycles. The van der Waals surface area contributed by atoms with Gasteiger partial charge in [0.25, 0.3) is 11.1 Å². The first-order chi connectivity index (χ1) is 10.1. The molecule has 0 unspecified atom stereocenters. The van der Waals surface area contributed by atoms with Crippen molar-refractivity contribution in [2.45, 2.75) is 5.22 Å². The molecule has 1 heterocycles. The summed E-state index contributed by atoms with van der Waals surface area (Å²) in [5.41, 5.74) is 5.46. The summed E-state index contributed by atoms with van der Waals surface area (Å²) < 4.78 is 9.97. The largest absolute Gasteiger partial charge is 0.455 e. The highest BCUT2D eigenvalue weighted by atomic mass is 35.5. The summed E-state index contributed by atoms with van der Waals surface area (Å²) >= 11 is 7.01.